The smallest absolute Gasteiger partial charge is 0.274 e. The summed E-state index contributed by atoms with van der Waals surface area (Å²) in [4.78, 5) is 15.8. The molecule has 1 N–H and O–H groups in total. The maximum atomic E-state index is 11.8. The third kappa shape index (κ3) is 3.14. The maximum Gasteiger partial charge on any atom is 0.274 e. The summed E-state index contributed by atoms with van der Waals surface area (Å²) in [5, 5.41) is 2.78. The van der Waals surface area contributed by atoms with Gasteiger partial charge >= 0.3 is 0 Å². The van der Waals surface area contributed by atoms with Crippen LogP contribution in [0.5, 0.6) is 0 Å². The molecule has 5 heteroatoms. The summed E-state index contributed by atoms with van der Waals surface area (Å²) in [7, 11) is 0. The fraction of sp³-hybridized carbons (Fsp3) is 0. The lowest BCUT2D eigenvalue weighted by Crippen LogP contribution is -2.13. The van der Waals surface area contributed by atoms with Gasteiger partial charge in [-0.05, 0) is 46.3 Å². The largest absolute Gasteiger partial charge is 0.320 e. The van der Waals surface area contributed by atoms with Gasteiger partial charge in [-0.2, -0.15) is 0 Å². The van der Waals surface area contributed by atoms with E-state index in [0.717, 1.165) is 8.95 Å². The highest BCUT2D eigenvalue weighted by molar-refractivity contribution is 9.11. The second-order valence-corrected chi connectivity index (χ2v) is 5.06. The second kappa shape index (κ2) is 5.42. The lowest BCUT2D eigenvalue weighted by molar-refractivity contribution is 0.102. The molecule has 17 heavy (non-hydrogen) atoms. The van der Waals surface area contributed by atoms with Crippen molar-refractivity contribution in [3.8, 4) is 0 Å². The summed E-state index contributed by atoms with van der Waals surface area (Å²) in [6.07, 6.45) is 1.59. The normalized spacial score (nSPS) is 10.0. The quantitative estimate of drug-likeness (QED) is 0.888. The number of benzene rings is 1. The highest BCUT2D eigenvalue weighted by atomic mass is 79.9. The minimum atomic E-state index is -0.228. The number of aromatic nitrogens is 1. The molecule has 2 aromatic rings. The predicted molar refractivity (Wildman–Crippen MR) is 74.0 cm³/mol. The summed E-state index contributed by atoms with van der Waals surface area (Å²) in [5.41, 5.74) is 1.10. The van der Waals surface area contributed by atoms with E-state index in [1.54, 1.807) is 24.4 Å². The van der Waals surface area contributed by atoms with Gasteiger partial charge in [-0.15, -0.1) is 0 Å². The number of carbonyl (C=O) groups excluding carboxylic acids is 1. The number of nitrogens with zero attached hydrogens (tertiary/aromatic N) is 1. The molecule has 0 bridgehead atoms. The number of halogens is 2. The molecule has 0 spiro atoms. The van der Waals surface area contributed by atoms with Gasteiger partial charge in [0.1, 0.15) is 5.69 Å². The van der Waals surface area contributed by atoms with Crippen molar-refractivity contribution in [3.63, 3.8) is 0 Å². The van der Waals surface area contributed by atoms with E-state index < -0.39 is 0 Å². The third-order valence-electron chi connectivity index (χ3n) is 2.08. The molecule has 2 rings (SSSR count). The number of pyridine rings is 1. The van der Waals surface area contributed by atoms with Crippen LogP contribution in [0.3, 0.4) is 0 Å². The molecule has 0 saturated carbocycles. The zero-order valence-electron chi connectivity index (χ0n) is 8.65. The summed E-state index contributed by atoms with van der Waals surface area (Å²) in [5.74, 6) is -0.228. The Hall–Kier alpha value is -1.20. The lowest BCUT2D eigenvalue weighted by atomic mass is 10.3. The summed E-state index contributed by atoms with van der Waals surface area (Å²) in [6, 6.07) is 10.8. The van der Waals surface area contributed by atoms with E-state index in [-0.39, 0.29) is 5.91 Å². The molecular weight excluding hydrogens is 348 g/mol. The molecule has 1 aromatic heterocycles. The Morgan fingerprint density at radius 3 is 2.65 bits per heavy atom. The van der Waals surface area contributed by atoms with Gasteiger partial charge in [-0.3, -0.25) is 9.78 Å². The number of rotatable bonds is 2. The van der Waals surface area contributed by atoms with Gasteiger partial charge in [0.25, 0.3) is 5.91 Å². The Kier molecular flexibility index (Phi) is 3.91. The first kappa shape index (κ1) is 12.3. The van der Waals surface area contributed by atoms with Crippen LogP contribution in [0.25, 0.3) is 0 Å². The van der Waals surface area contributed by atoms with Crippen LogP contribution in [-0.2, 0) is 0 Å². The van der Waals surface area contributed by atoms with Gasteiger partial charge in [0.15, 0.2) is 0 Å². The molecule has 1 heterocycles. The summed E-state index contributed by atoms with van der Waals surface area (Å²) in [6.45, 7) is 0. The SMILES string of the molecule is O=C(Nc1ccc(Br)cc1Br)c1ccccn1. The van der Waals surface area contributed by atoms with Crippen LogP contribution in [-0.4, -0.2) is 10.9 Å². The standard InChI is InChI=1S/C12H8Br2N2O/c13-8-4-5-10(9(14)7-8)16-12(17)11-3-1-2-6-15-11/h1-7H,(H,16,17). The van der Waals surface area contributed by atoms with E-state index in [0.29, 0.717) is 11.4 Å². The van der Waals surface area contributed by atoms with Crippen molar-refractivity contribution < 1.29 is 4.79 Å². The van der Waals surface area contributed by atoms with Gasteiger partial charge in [-0.25, -0.2) is 0 Å². The van der Waals surface area contributed by atoms with Gasteiger partial charge in [0.2, 0.25) is 0 Å². The number of carbonyl (C=O) groups is 1. The number of anilines is 1. The molecule has 1 aromatic carbocycles. The Balaban J connectivity index is 2.19. The molecule has 0 aliphatic rings. The minimum absolute atomic E-state index is 0.228. The van der Waals surface area contributed by atoms with Crippen LogP contribution < -0.4 is 5.32 Å². The topological polar surface area (TPSA) is 42.0 Å². The number of nitrogens with one attached hydrogen (secondary N) is 1. The number of hydrogen-bond donors (Lipinski definition) is 1. The predicted octanol–water partition coefficient (Wildman–Crippen LogP) is 3.86. The van der Waals surface area contributed by atoms with Crippen LogP contribution in [0, 0.1) is 0 Å². The molecule has 0 aliphatic heterocycles. The maximum absolute atomic E-state index is 11.8. The Morgan fingerprint density at radius 2 is 2.00 bits per heavy atom. The van der Waals surface area contributed by atoms with Crippen molar-refractivity contribution in [2.24, 2.45) is 0 Å². The second-order valence-electron chi connectivity index (χ2n) is 3.29. The highest BCUT2D eigenvalue weighted by Gasteiger charge is 2.08. The van der Waals surface area contributed by atoms with Crippen molar-refractivity contribution in [2.45, 2.75) is 0 Å². The average Bonchev–Trinajstić information content (AvgIpc) is 2.34. The highest BCUT2D eigenvalue weighted by Crippen LogP contribution is 2.26. The first-order valence-electron chi connectivity index (χ1n) is 4.84. The fourth-order valence-corrected chi connectivity index (χ4v) is 2.42. The first-order valence-corrected chi connectivity index (χ1v) is 6.43. The van der Waals surface area contributed by atoms with Crippen molar-refractivity contribution in [3.05, 3.63) is 57.2 Å². The minimum Gasteiger partial charge on any atom is -0.320 e. The number of amides is 1. The molecule has 0 atom stereocenters. The zero-order chi connectivity index (χ0) is 12.3. The molecule has 3 nitrogen and oxygen atoms in total. The van der Waals surface area contributed by atoms with Gasteiger partial charge in [0.05, 0.1) is 5.69 Å². The molecular formula is C12H8Br2N2O. The third-order valence-corrected chi connectivity index (χ3v) is 3.23. The van der Waals surface area contributed by atoms with Crippen molar-refractivity contribution in [1.29, 1.82) is 0 Å². The van der Waals surface area contributed by atoms with Crippen LogP contribution in [0.1, 0.15) is 10.5 Å². The van der Waals surface area contributed by atoms with Gasteiger partial charge < -0.3 is 5.32 Å². The lowest BCUT2D eigenvalue weighted by Gasteiger charge is -2.07. The van der Waals surface area contributed by atoms with E-state index in [1.807, 2.05) is 18.2 Å². The van der Waals surface area contributed by atoms with Crippen molar-refractivity contribution >= 4 is 43.5 Å². The van der Waals surface area contributed by atoms with E-state index in [1.165, 1.54) is 0 Å². The first-order chi connectivity index (χ1) is 8.16. The van der Waals surface area contributed by atoms with Gasteiger partial charge in [-0.1, -0.05) is 22.0 Å². The van der Waals surface area contributed by atoms with E-state index in [2.05, 4.69) is 42.2 Å². The molecule has 0 aliphatic carbocycles. The molecule has 1 amide bonds. The van der Waals surface area contributed by atoms with Crippen LogP contribution in [0.15, 0.2) is 51.5 Å². The molecule has 0 radical (unpaired) electrons. The summed E-state index contributed by atoms with van der Waals surface area (Å²) >= 11 is 6.74. The van der Waals surface area contributed by atoms with E-state index in [4.69, 9.17) is 0 Å². The summed E-state index contributed by atoms with van der Waals surface area (Å²) < 4.78 is 1.76. The van der Waals surface area contributed by atoms with Crippen LogP contribution in [0.4, 0.5) is 5.69 Å². The number of hydrogen-bond acceptors (Lipinski definition) is 2. The van der Waals surface area contributed by atoms with E-state index >= 15 is 0 Å². The van der Waals surface area contributed by atoms with Crippen LogP contribution >= 0.6 is 31.9 Å². The Labute approximate surface area is 116 Å². The van der Waals surface area contributed by atoms with Crippen LogP contribution in [0.2, 0.25) is 0 Å². The fourth-order valence-electron chi connectivity index (χ4n) is 1.27. The Bertz CT molecular complexity index is 543. The van der Waals surface area contributed by atoms with Gasteiger partial charge in [0, 0.05) is 15.1 Å². The molecule has 0 unspecified atom stereocenters. The average molecular weight is 356 g/mol. The van der Waals surface area contributed by atoms with E-state index in [9.17, 15) is 4.79 Å². The Morgan fingerprint density at radius 1 is 1.18 bits per heavy atom. The monoisotopic (exact) mass is 354 g/mol. The molecule has 0 saturated heterocycles. The molecule has 0 fully saturated rings. The van der Waals surface area contributed by atoms with Crippen molar-refractivity contribution in [2.75, 3.05) is 5.32 Å². The van der Waals surface area contributed by atoms with Crippen molar-refractivity contribution in [1.82, 2.24) is 4.98 Å². The molecule has 86 valence electrons. The zero-order valence-corrected chi connectivity index (χ0v) is 11.8.